The van der Waals surface area contributed by atoms with Crippen molar-refractivity contribution in [3.63, 3.8) is 0 Å². The number of fused-ring (bicyclic) bond motifs is 1. The molecule has 0 aromatic heterocycles. The first kappa shape index (κ1) is 15.4. The highest BCUT2D eigenvalue weighted by Crippen LogP contribution is 2.51. The molecule has 2 aliphatic rings. The Morgan fingerprint density at radius 1 is 1.10 bits per heavy atom. The van der Waals surface area contributed by atoms with Crippen molar-refractivity contribution in [3.05, 3.63) is 24.3 Å². The maximum Gasteiger partial charge on any atom is 0.219 e. The fraction of sp³-hybridized carbons (Fsp3) is 0.571. The maximum atomic E-state index is 5.92. The van der Waals surface area contributed by atoms with Gasteiger partial charge >= 0.3 is 0 Å². The van der Waals surface area contributed by atoms with Gasteiger partial charge in [-0.2, -0.15) is 0 Å². The van der Waals surface area contributed by atoms with Gasteiger partial charge in [0.2, 0.25) is 6.49 Å². The van der Waals surface area contributed by atoms with E-state index in [4.69, 9.17) is 35.1 Å². The summed E-state index contributed by atoms with van der Waals surface area (Å²) in [4.78, 5) is 0. The van der Waals surface area contributed by atoms with Gasteiger partial charge in [-0.15, -0.1) is 0 Å². The summed E-state index contributed by atoms with van der Waals surface area (Å²) < 4.78 is 28.6. The van der Waals surface area contributed by atoms with Crippen molar-refractivity contribution in [3.8, 4) is 5.75 Å². The molecule has 0 N–H and O–H groups in total. The molecule has 21 heavy (non-hydrogen) atoms. The summed E-state index contributed by atoms with van der Waals surface area (Å²) in [6.45, 7) is 2.04. The number of benzene rings is 1. The fourth-order valence-corrected chi connectivity index (χ4v) is 4.79. The first-order chi connectivity index (χ1) is 9.92. The van der Waals surface area contributed by atoms with Gasteiger partial charge in [0.25, 0.3) is 0 Å². The van der Waals surface area contributed by atoms with Crippen molar-refractivity contribution < 1.29 is 23.3 Å². The molecule has 2 atom stereocenters. The Bertz CT molecular complexity index is 537. The number of rotatable bonds is 2. The van der Waals surface area contributed by atoms with Gasteiger partial charge in [-0.1, -0.05) is 0 Å². The summed E-state index contributed by atoms with van der Waals surface area (Å²) >= 11 is 5.64. The molecule has 0 bridgehead atoms. The van der Waals surface area contributed by atoms with Gasteiger partial charge in [-0.05, 0) is 49.9 Å². The fourth-order valence-electron chi connectivity index (χ4n) is 2.49. The Morgan fingerprint density at radius 2 is 1.62 bits per heavy atom. The van der Waals surface area contributed by atoms with Crippen LogP contribution < -0.4 is 10.0 Å². The molecule has 5 nitrogen and oxygen atoms in total. The van der Waals surface area contributed by atoms with Crippen molar-refractivity contribution in [2.75, 3.05) is 20.3 Å². The van der Waals surface area contributed by atoms with Crippen molar-refractivity contribution >= 4 is 23.6 Å². The molecule has 0 aliphatic carbocycles. The molecule has 0 radical (unpaired) electrons. The van der Waals surface area contributed by atoms with Crippen LogP contribution in [0.5, 0.6) is 5.75 Å². The van der Waals surface area contributed by atoms with Crippen LogP contribution in [0.25, 0.3) is 0 Å². The predicted octanol–water partition coefficient (Wildman–Crippen LogP) is 2.20. The van der Waals surface area contributed by atoms with Gasteiger partial charge in [0.1, 0.15) is 18.0 Å². The molecule has 1 aromatic rings. The number of ether oxygens (including phenoxy) is 3. The van der Waals surface area contributed by atoms with Crippen LogP contribution in [0.15, 0.2) is 24.3 Å². The average molecular weight is 330 g/mol. The SMILES string of the molecule is COc1ccc(P2(=S)OC[C@@H]3OC(C)(C)O[C@H]3CO2)cc1. The second-order valence-corrected chi connectivity index (χ2v) is 8.97. The monoisotopic (exact) mass is 330 g/mol. The average Bonchev–Trinajstić information content (AvgIpc) is 2.69. The number of methoxy groups -OCH3 is 1. The van der Waals surface area contributed by atoms with Gasteiger partial charge < -0.3 is 23.3 Å². The summed E-state index contributed by atoms with van der Waals surface area (Å²) in [7, 11) is 1.63. The van der Waals surface area contributed by atoms with Gasteiger partial charge in [0.15, 0.2) is 5.79 Å². The van der Waals surface area contributed by atoms with E-state index in [0.717, 1.165) is 11.1 Å². The molecule has 2 aliphatic heterocycles. The standard InChI is InChI=1S/C14H19O5PS/c1-14(2)18-12-8-16-20(21,17-9-13(12)19-14)11-6-4-10(15-3)5-7-11/h4-7,12-13H,8-9H2,1-3H3/t12-,13-/m0/s1. The van der Waals surface area contributed by atoms with E-state index in [2.05, 4.69) is 0 Å². The number of hydrogen-bond acceptors (Lipinski definition) is 6. The van der Waals surface area contributed by atoms with E-state index in [0.29, 0.717) is 13.2 Å². The minimum absolute atomic E-state index is 0.136. The lowest BCUT2D eigenvalue weighted by atomic mass is 10.2. The van der Waals surface area contributed by atoms with Crippen LogP contribution in [0.4, 0.5) is 0 Å². The highest BCUT2D eigenvalue weighted by atomic mass is 32.5. The molecule has 2 fully saturated rings. The third kappa shape index (κ3) is 3.16. The van der Waals surface area contributed by atoms with E-state index < -0.39 is 12.3 Å². The summed E-state index contributed by atoms with van der Waals surface area (Å²) in [5.74, 6) is 0.183. The van der Waals surface area contributed by atoms with Gasteiger partial charge in [-0.25, -0.2) is 0 Å². The molecule has 2 saturated heterocycles. The van der Waals surface area contributed by atoms with E-state index in [9.17, 15) is 0 Å². The van der Waals surface area contributed by atoms with E-state index in [1.807, 2.05) is 38.1 Å². The minimum atomic E-state index is -2.52. The summed E-state index contributed by atoms with van der Waals surface area (Å²) in [6, 6.07) is 7.51. The Hall–Kier alpha value is -0.490. The molecular formula is C14H19O5PS. The van der Waals surface area contributed by atoms with Crippen LogP contribution in [0.3, 0.4) is 0 Å². The third-order valence-electron chi connectivity index (χ3n) is 3.49. The molecule has 116 valence electrons. The molecule has 0 unspecified atom stereocenters. The highest BCUT2D eigenvalue weighted by Gasteiger charge is 2.45. The zero-order valence-corrected chi connectivity index (χ0v) is 14.0. The predicted molar refractivity (Wildman–Crippen MR) is 82.6 cm³/mol. The van der Waals surface area contributed by atoms with Crippen LogP contribution in [-0.4, -0.2) is 38.3 Å². The Morgan fingerprint density at radius 3 is 2.10 bits per heavy atom. The first-order valence-electron chi connectivity index (χ1n) is 6.81. The Balaban J connectivity index is 1.77. The molecule has 2 heterocycles. The molecular weight excluding hydrogens is 311 g/mol. The maximum absolute atomic E-state index is 5.92. The van der Waals surface area contributed by atoms with Crippen LogP contribution in [0, 0.1) is 0 Å². The van der Waals surface area contributed by atoms with Crippen LogP contribution in [0.1, 0.15) is 13.8 Å². The molecule has 0 saturated carbocycles. The lowest BCUT2D eigenvalue weighted by molar-refractivity contribution is -0.152. The molecule has 3 rings (SSSR count). The largest absolute Gasteiger partial charge is 0.497 e. The van der Waals surface area contributed by atoms with Crippen LogP contribution in [-0.2, 0) is 30.3 Å². The van der Waals surface area contributed by atoms with Crippen molar-refractivity contribution in [2.45, 2.75) is 31.8 Å². The van der Waals surface area contributed by atoms with Crippen molar-refractivity contribution in [1.29, 1.82) is 0 Å². The normalized spacial score (nSPS) is 30.4. The van der Waals surface area contributed by atoms with Crippen LogP contribution >= 0.6 is 6.49 Å². The van der Waals surface area contributed by atoms with Gasteiger partial charge in [0.05, 0.1) is 20.3 Å². The summed E-state index contributed by atoms with van der Waals surface area (Å²) in [6.07, 6.45) is -0.272. The second-order valence-electron chi connectivity index (χ2n) is 5.50. The first-order valence-corrected chi connectivity index (χ1v) is 9.45. The molecule has 1 aromatic carbocycles. The van der Waals surface area contributed by atoms with Gasteiger partial charge in [0, 0.05) is 5.30 Å². The zero-order chi connectivity index (χ0) is 15.1. The third-order valence-corrected chi connectivity index (χ3v) is 6.66. The van der Waals surface area contributed by atoms with E-state index >= 15 is 0 Å². The topological polar surface area (TPSA) is 46.2 Å². The summed E-state index contributed by atoms with van der Waals surface area (Å²) in [5.41, 5.74) is 0. The van der Waals surface area contributed by atoms with Gasteiger partial charge in [-0.3, -0.25) is 0 Å². The van der Waals surface area contributed by atoms with Crippen LogP contribution in [0.2, 0.25) is 0 Å². The van der Waals surface area contributed by atoms with Crippen molar-refractivity contribution in [2.24, 2.45) is 0 Å². The summed E-state index contributed by atoms with van der Waals surface area (Å²) in [5, 5.41) is 0.873. The van der Waals surface area contributed by atoms with E-state index in [1.165, 1.54) is 0 Å². The lowest BCUT2D eigenvalue weighted by Gasteiger charge is -2.23. The van der Waals surface area contributed by atoms with E-state index in [1.54, 1.807) is 7.11 Å². The zero-order valence-electron chi connectivity index (χ0n) is 12.3. The van der Waals surface area contributed by atoms with Crippen molar-refractivity contribution in [1.82, 2.24) is 0 Å². The van der Waals surface area contributed by atoms with E-state index in [-0.39, 0.29) is 12.2 Å². The lowest BCUT2D eigenvalue weighted by Crippen LogP contribution is -2.27. The molecule has 0 amide bonds. The smallest absolute Gasteiger partial charge is 0.219 e. The number of hydrogen-bond donors (Lipinski definition) is 0. The Labute approximate surface area is 129 Å². The molecule has 0 spiro atoms. The Kier molecular flexibility index (Phi) is 4.12. The molecule has 7 heteroatoms. The minimum Gasteiger partial charge on any atom is -0.497 e. The highest BCUT2D eigenvalue weighted by molar-refractivity contribution is 8.13. The quantitative estimate of drug-likeness (QED) is 0.775. The second kappa shape index (κ2) is 5.61.